The lowest BCUT2D eigenvalue weighted by Gasteiger charge is -2.03. The van der Waals surface area contributed by atoms with E-state index in [4.69, 9.17) is 4.74 Å². The van der Waals surface area contributed by atoms with Gasteiger partial charge in [-0.25, -0.2) is 0 Å². The number of carbonyl (C=O) groups excluding carboxylic acids is 1. The third-order valence-electron chi connectivity index (χ3n) is 3.46. The van der Waals surface area contributed by atoms with E-state index in [1.165, 1.54) is 5.56 Å². The Morgan fingerprint density at radius 3 is 2.27 bits per heavy atom. The minimum absolute atomic E-state index is 0.00452. The van der Waals surface area contributed by atoms with Crippen molar-refractivity contribution in [3.05, 3.63) is 77.5 Å². The Balaban J connectivity index is 1.84. The molecule has 2 rings (SSSR count). The van der Waals surface area contributed by atoms with Crippen molar-refractivity contribution in [2.75, 3.05) is 7.11 Å². The summed E-state index contributed by atoms with van der Waals surface area (Å²) >= 11 is 0. The van der Waals surface area contributed by atoms with E-state index >= 15 is 0 Å². The molecule has 2 aromatic rings. The van der Waals surface area contributed by atoms with Gasteiger partial charge in [-0.05, 0) is 29.7 Å². The number of ketones is 1. The Kier molecular flexibility index (Phi) is 5.78. The Morgan fingerprint density at radius 2 is 1.68 bits per heavy atom. The summed E-state index contributed by atoms with van der Waals surface area (Å²) in [5, 5.41) is 3.12. The minimum Gasteiger partial charge on any atom is -0.497 e. The fourth-order valence-corrected chi connectivity index (χ4v) is 2.06. The van der Waals surface area contributed by atoms with E-state index in [9.17, 15) is 4.79 Å². The van der Waals surface area contributed by atoms with Crippen LogP contribution in [-0.2, 0) is 13.0 Å². The molecular weight excluding hydrogens is 274 g/mol. The molecule has 0 aliphatic heterocycles. The third-order valence-corrected chi connectivity index (χ3v) is 3.46. The molecule has 0 unspecified atom stereocenters. The highest BCUT2D eigenvalue weighted by molar-refractivity contribution is 6.04. The molecule has 0 heterocycles. The Morgan fingerprint density at radius 1 is 1.05 bits per heavy atom. The summed E-state index contributed by atoms with van der Waals surface area (Å²) in [5.74, 6) is 0.842. The van der Waals surface area contributed by atoms with Gasteiger partial charge in [0.1, 0.15) is 5.75 Å². The highest BCUT2D eigenvalue weighted by Crippen LogP contribution is 2.11. The second kappa shape index (κ2) is 8.03. The number of allylic oxidation sites excluding steroid dienone is 1. The van der Waals surface area contributed by atoms with Gasteiger partial charge >= 0.3 is 0 Å². The maximum atomic E-state index is 12.0. The van der Waals surface area contributed by atoms with Gasteiger partial charge in [0.2, 0.25) is 0 Å². The van der Waals surface area contributed by atoms with Crippen LogP contribution in [0.2, 0.25) is 0 Å². The van der Waals surface area contributed by atoms with E-state index in [0.717, 1.165) is 17.7 Å². The number of methoxy groups -OCH3 is 1. The van der Waals surface area contributed by atoms with E-state index in [-0.39, 0.29) is 5.78 Å². The summed E-state index contributed by atoms with van der Waals surface area (Å²) in [6.45, 7) is 2.77. The number of aryl methyl sites for hydroxylation is 1. The lowest BCUT2D eigenvalue weighted by Crippen LogP contribution is -2.06. The molecule has 0 saturated heterocycles. The summed E-state index contributed by atoms with van der Waals surface area (Å²) in [6, 6.07) is 15.5. The summed E-state index contributed by atoms with van der Waals surface area (Å²) in [4.78, 5) is 12.0. The van der Waals surface area contributed by atoms with Gasteiger partial charge in [0.15, 0.2) is 5.78 Å². The summed E-state index contributed by atoms with van der Waals surface area (Å²) in [6.07, 6.45) is 4.23. The fourth-order valence-electron chi connectivity index (χ4n) is 2.06. The minimum atomic E-state index is 0.00452. The summed E-state index contributed by atoms with van der Waals surface area (Å²) < 4.78 is 5.11. The second-order valence-electron chi connectivity index (χ2n) is 4.98. The number of hydrogen-bond donors (Lipinski definition) is 1. The molecule has 0 saturated carbocycles. The molecule has 0 radical (unpaired) electrons. The first kappa shape index (κ1) is 15.8. The zero-order valence-corrected chi connectivity index (χ0v) is 13.0. The number of hydrogen-bond acceptors (Lipinski definition) is 3. The second-order valence-corrected chi connectivity index (χ2v) is 4.98. The van der Waals surface area contributed by atoms with Crippen molar-refractivity contribution in [1.82, 2.24) is 5.32 Å². The van der Waals surface area contributed by atoms with Crippen LogP contribution in [0.5, 0.6) is 5.75 Å². The van der Waals surface area contributed by atoms with E-state index < -0.39 is 0 Å². The van der Waals surface area contributed by atoms with E-state index in [1.807, 2.05) is 48.5 Å². The van der Waals surface area contributed by atoms with Crippen molar-refractivity contribution in [1.29, 1.82) is 0 Å². The molecule has 0 spiro atoms. The lowest BCUT2D eigenvalue weighted by molar-refractivity contribution is 0.104. The van der Waals surface area contributed by atoms with E-state index in [2.05, 4.69) is 12.2 Å². The highest BCUT2D eigenvalue weighted by atomic mass is 16.5. The largest absolute Gasteiger partial charge is 0.497 e. The van der Waals surface area contributed by atoms with Crippen molar-refractivity contribution in [2.45, 2.75) is 19.9 Å². The summed E-state index contributed by atoms with van der Waals surface area (Å²) in [5.41, 5.74) is 3.07. The number of benzene rings is 2. The van der Waals surface area contributed by atoms with Crippen LogP contribution >= 0.6 is 0 Å². The van der Waals surface area contributed by atoms with Crippen LogP contribution in [0.15, 0.2) is 60.8 Å². The number of nitrogens with one attached hydrogen (secondary N) is 1. The monoisotopic (exact) mass is 295 g/mol. The van der Waals surface area contributed by atoms with Crippen molar-refractivity contribution in [3.8, 4) is 5.75 Å². The molecule has 0 aliphatic carbocycles. The normalized spacial score (nSPS) is 10.6. The van der Waals surface area contributed by atoms with Crippen molar-refractivity contribution < 1.29 is 9.53 Å². The molecule has 114 valence electrons. The molecule has 0 bridgehead atoms. The molecule has 2 aromatic carbocycles. The number of carbonyl (C=O) groups is 1. The lowest BCUT2D eigenvalue weighted by atomic mass is 10.1. The Bertz CT molecular complexity index is 627. The molecule has 0 fully saturated rings. The number of rotatable bonds is 7. The van der Waals surface area contributed by atoms with Gasteiger partial charge in [-0.2, -0.15) is 0 Å². The topological polar surface area (TPSA) is 38.3 Å². The van der Waals surface area contributed by atoms with Gasteiger partial charge in [0.05, 0.1) is 7.11 Å². The Hall–Kier alpha value is -2.55. The van der Waals surface area contributed by atoms with Crippen molar-refractivity contribution in [3.63, 3.8) is 0 Å². The van der Waals surface area contributed by atoms with Crippen molar-refractivity contribution >= 4 is 5.78 Å². The standard InChI is InChI=1S/C19H21NO2/c1-3-15-4-8-17(9-5-15)19(21)12-13-20-14-16-6-10-18(22-2)11-7-16/h4-13,20H,3,14H2,1-2H3/b13-12+. The molecule has 3 nitrogen and oxygen atoms in total. The first-order valence-electron chi connectivity index (χ1n) is 7.39. The quantitative estimate of drug-likeness (QED) is 0.624. The van der Waals surface area contributed by atoms with Crippen LogP contribution in [-0.4, -0.2) is 12.9 Å². The van der Waals surface area contributed by atoms with Crippen LogP contribution < -0.4 is 10.1 Å². The fraction of sp³-hybridized carbons (Fsp3) is 0.211. The molecule has 1 N–H and O–H groups in total. The number of ether oxygens (including phenoxy) is 1. The molecule has 22 heavy (non-hydrogen) atoms. The SMILES string of the molecule is CCc1ccc(C(=O)/C=C/NCc2ccc(OC)cc2)cc1. The smallest absolute Gasteiger partial charge is 0.187 e. The van der Waals surface area contributed by atoms with Gasteiger partial charge in [-0.1, -0.05) is 43.3 Å². The third kappa shape index (κ3) is 4.48. The molecule has 0 aromatic heterocycles. The molecule has 0 amide bonds. The first-order valence-corrected chi connectivity index (χ1v) is 7.39. The molecule has 3 heteroatoms. The zero-order valence-electron chi connectivity index (χ0n) is 13.0. The first-order chi connectivity index (χ1) is 10.7. The Labute approximate surface area is 131 Å². The van der Waals surface area contributed by atoms with Crippen LogP contribution in [0.1, 0.15) is 28.4 Å². The molecular formula is C19H21NO2. The predicted molar refractivity (Wildman–Crippen MR) is 89.1 cm³/mol. The van der Waals surface area contributed by atoms with Crippen LogP contribution in [0, 0.1) is 0 Å². The van der Waals surface area contributed by atoms with Gasteiger partial charge < -0.3 is 10.1 Å². The molecule has 0 atom stereocenters. The predicted octanol–water partition coefficient (Wildman–Crippen LogP) is 3.74. The maximum absolute atomic E-state index is 12.0. The van der Waals surface area contributed by atoms with Crippen LogP contribution in [0.25, 0.3) is 0 Å². The van der Waals surface area contributed by atoms with E-state index in [1.54, 1.807) is 19.4 Å². The van der Waals surface area contributed by atoms with Crippen LogP contribution in [0.4, 0.5) is 0 Å². The highest BCUT2D eigenvalue weighted by Gasteiger charge is 2.00. The van der Waals surface area contributed by atoms with Crippen molar-refractivity contribution in [2.24, 2.45) is 0 Å². The zero-order chi connectivity index (χ0) is 15.8. The van der Waals surface area contributed by atoms with Gasteiger partial charge in [0.25, 0.3) is 0 Å². The van der Waals surface area contributed by atoms with E-state index in [0.29, 0.717) is 12.1 Å². The van der Waals surface area contributed by atoms with Gasteiger partial charge in [-0.15, -0.1) is 0 Å². The summed E-state index contributed by atoms with van der Waals surface area (Å²) in [7, 11) is 1.65. The maximum Gasteiger partial charge on any atom is 0.187 e. The van der Waals surface area contributed by atoms with Gasteiger partial charge in [0, 0.05) is 24.4 Å². The molecule has 0 aliphatic rings. The average molecular weight is 295 g/mol. The van der Waals surface area contributed by atoms with Gasteiger partial charge in [-0.3, -0.25) is 4.79 Å². The van der Waals surface area contributed by atoms with Crippen LogP contribution in [0.3, 0.4) is 0 Å². The average Bonchev–Trinajstić information content (AvgIpc) is 2.59.